The van der Waals surface area contributed by atoms with Crippen molar-refractivity contribution in [1.82, 2.24) is 0 Å². The molecule has 0 saturated heterocycles. The zero-order chi connectivity index (χ0) is 13.4. The van der Waals surface area contributed by atoms with Crippen molar-refractivity contribution in [2.45, 2.75) is 44.6 Å². The molecule has 0 amide bonds. The van der Waals surface area contributed by atoms with E-state index in [0.717, 1.165) is 0 Å². The van der Waals surface area contributed by atoms with Crippen LogP contribution in [0.3, 0.4) is 0 Å². The maximum atomic E-state index is 10.1. The molecule has 4 N–H and O–H groups in total. The third-order valence-corrected chi connectivity index (χ3v) is 6.16. The number of alkyl halides is 2. The summed E-state index contributed by atoms with van der Waals surface area (Å²) in [4.78, 5) is -0.403. The van der Waals surface area contributed by atoms with Gasteiger partial charge in [-0.05, 0) is 19.3 Å². The Morgan fingerprint density at radius 1 is 1.06 bits per heavy atom. The predicted molar refractivity (Wildman–Crippen MR) is 69.5 cm³/mol. The van der Waals surface area contributed by atoms with E-state index in [-0.39, 0.29) is 5.41 Å². The average molecular weight is 364 g/mol. The van der Waals surface area contributed by atoms with Gasteiger partial charge < -0.3 is 20.4 Å². The minimum atomic E-state index is -2.93. The van der Waals surface area contributed by atoms with Gasteiger partial charge in [-0.3, -0.25) is 0 Å². The van der Waals surface area contributed by atoms with Crippen LogP contribution in [0.15, 0.2) is 0 Å². The molecule has 0 rings (SSSR count). The summed E-state index contributed by atoms with van der Waals surface area (Å²) < 4.78 is 0. The van der Waals surface area contributed by atoms with Crippen LogP contribution in [0.4, 0.5) is 0 Å². The molecular weight excluding hydrogens is 344 g/mol. The first-order valence-electron chi connectivity index (χ1n) is 4.93. The van der Waals surface area contributed by atoms with Crippen molar-refractivity contribution < 1.29 is 20.4 Å². The molecule has 0 aliphatic carbocycles. The van der Waals surface area contributed by atoms with Gasteiger partial charge in [-0.1, -0.05) is 45.7 Å². The summed E-state index contributed by atoms with van der Waals surface area (Å²) >= 11 is 6.67. The fraction of sp³-hybridized carbons (Fsp3) is 1.00. The summed E-state index contributed by atoms with van der Waals surface area (Å²) in [6.07, 6.45) is -1.12. The number of aliphatic hydroxyl groups is 4. The number of aliphatic hydroxyl groups excluding tert-OH is 1. The quantitative estimate of drug-likeness (QED) is 0.437. The molecule has 2 unspecified atom stereocenters. The third-order valence-electron chi connectivity index (χ3n) is 2.97. The average Bonchev–Trinajstić information content (AvgIpc) is 2.13. The number of hydrogen-bond donors (Lipinski definition) is 4. The summed E-state index contributed by atoms with van der Waals surface area (Å²) in [5.41, 5.74) is -1.78. The van der Waals surface area contributed by atoms with Gasteiger partial charge in [0.1, 0.15) is 0 Å². The molecular formula is C10H20Br2O4. The van der Waals surface area contributed by atoms with E-state index in [4.69, 9.17) is 0 Å². The Bertz CT molecular complexity index is 235. The van der Waals surface area contributed by atoms with Crippen LogP contribution < -0.4 is 0 Å². The first-order chi connectivity index (χ1) is 6.88. The van der Waals surface area contributed by atoms with Crippen LogP contribution in [0, 0.1) is 10.8 Å². The van der Waals surface area contributed by atoms with E-state index in [0.29, 0.717) is 5.33 Å². The predicted octanol–water partition coefficient (Wildman–Crippen LogP) is 1.19. The standard InChI is InChI=1S/C10H20Br2O4/c1-8(2,5-11)6(12)7(13)9(3,4)10(14,15)16/h6-7,13-16H,5H2,1-4H3. The molecule has 98 valence electrons. The van der Waals surface area contributed by atoms with Crippen molar-refractivity contribution in [2.24, 2.45) is 10.8 Å². The minimum absolute atomic E-state index is 0.304. The van der Waals surface area contributed by atoms with Crippen molar-refractivity contribution in [2.75, 3.05) is 5.33 Å². The molecule has 0 saturated carbocycles. The Morgan fingerprint density at radius 3 is 1.69 bits per heavy atom. The molecule has 0 aromatic heterocycles. The highest BCUT2D eigenvalue weighted by Gasteiger charge is 2.51. The monoisotopic (exact) mass is 362 g/mol. The van der Waals surface area contributed by atoms with Crippen LogP contribution in [0.2, 0.25) is 0 Å². The van der Waals surface area contributed by atoms with Gasteiger partial charge in [-0.2, -0.15) is 0 Å². The molecule has 0 spiro atoms. The van der Waals surface area contributed by atoms with E-state index in [9.17, 15) is 20.4 Å². The lowest BCUT2D eigenvalue weighted by molar-refractivity contribution is -0.381. The molecule has 0 bridgehead atoms. The van der Waals surface area contributed by atoms with Crippen LogP contribution in [0.1, 0.15) is 27.7 Å². The smallest absolute Gasteiger partial charge is 0.283 e. The topological polar surface area (TPSA) is 80.9 Å². The van der Waals surface area contributed by atoms with E-state index in [1.54, 1.807) is 0 Å². The number of halogens is 2. The van der Waals surface area contributed by atoms with Gasteiger partial charge in [-0.25, -0.2) is 0 Å². The lowest BCUT2D eigenvalue weighted by Gasteiger charge is -2.43. The fourth-order valence-corrected chi connectivity index (χ4v) is 2.67. The first kappa shape index (κ1) is 16.8. The SMILES string of the molecule is CC(C)(CBr)C(Br)C(O)C(C)(C)C(O)(O)O. The van der Waals surface area contributed by atoms with Crippen molar-refractivity contribution in [3.63, 3.8) is 0 Å². The number of hydrogen-bond acceptors (Lipinski definition) is 4. The highest BCUT2D eigenvalue weighted by atomic mass is 79.9. The van der Waals surface area contributed by atoms with Crippen LogP contribution in [-0.2, 0) is 0 Å². The van der Waals surface area contributed by atoms with Gasteiger partial charge in [0.2, 0.25) is 0 Å². The van der Waals surface area contributed by atoms with Crippen molar-refractivity contribution in [3.8, 4) is 0 Å². The Hall–Kier alpha value is 0.800. The van der Waals surface area contributed by atoms with Gasteiger partial charge >= 0.3 is 0 Å². The van der Waals surface area contributed by atoms with E-state index in [1.807, 2.05) is 13.8 Å². The molecule has 0 radical (unpaired) electrons. The molecule has 16 heavy (non-hydrogen) atoms. The first-order valence-corrected chi connectivity index (χ1v) is 6.97. The fourth-order valence-electron chi connectivity index (χ4n) is 1.07. The molecule has 0 aliphatic rings. The van der Waals surface area contributed by atoms with Crippen LogP contribution in [0.25, 0.3) is 0 Å². The van der Waals surface area contributed by atoms with Crippen molar-refractivity contribution in [1.29, 1.82) is 0 Å². The Morgan fingerprint density at radius 2 is 1.44 bits per heavy atom. The summed E-state index contributed by atoms with van der Waals surface area (Å²) in [6, 6.07) is 0. The molecule has 4 nitrogen and oxygen atoms in total. The van der Waals surface area contributed by atoms with Gasteiger partial charge in [0.15, 0.2) is 0 Å². The molecule has 2 atom stereocenters. The van der Waals surface area contributed by atoms with E-state index < -0.39 is 22.3 Å². The molecule has 6 heteroatoms. The van der Waals surface area contributed by atoms with Crippen molar-refractivity contribution >= 4 is 31.9 Å². The van der Waals surface area contributed by atoms with Crippen molar-refractivity contribution in [3.05, 3.63) is 0 Å². The third kappa shape index (κ3) is 3.40. The zero-order valence-corrected chi connectivity index (χ0v) is 13.1. The van der Waals surface area contributed by atoms with E-state index >= 15 is 0 Å². The summed E-state index contributed by atoms with van der Waals surface area (Å²) in [5.74, 6) is -2.93. The lowest BCUT2D eigenvalue weighted by Crippen LogP contribution is -2.56. The zero-order valence-electron chi connectivity index (χ0n) is 9.91. The molecule has 0 aromatic rings. The molecule has 0 aliphatic heterocycles. The summed E-state index contributed by atoms with van der Waals surface area (Å²) in [7, 11) is 0. The van der Waals surface area contributed by atoms with Crippen LogP contribution >= 0.6 is 31.9 Å². The van der Waals surface area contributed by atoms with Gasteiger partial charge in [0.25, 0.3) is 5.97 Å². The van der Waals surface area contributed by atoms with Gasteiger partial charge in [0.05, 0.1) is 11.5 Å². The minimum Gasteiger partial charge on any atom is -0.391 e. The second-order valence-corrected chi connectivity index (χ2v) is 6.87. The Labute approximate surface area is 113 Å². The van der Waals surface area contributed by atoms with Crippen LogP contribution in [-0.4, -0.2) is 42.7 Å². The van der Waals surface area contributed by atoms with E-state index in [1.165, 1.54) is 13.8 Å². The highest BCUT2D eigenvalue weighted by molar-refractivity contribution is 9.10. The maximum Gasteiger partial charge on any atom is 0.283 e. The summed E-state index contributed by atoms with van der Waals surface area (Å²) in [5, 5.41) is 38.4. The molecule has 0 fully saturated rings. The largest absolute Gasteiger partial charge is 0.391 e. The molecule has 0 aromatic carbocycles. The van der Waals surface area contributed by atoms with Gasteiger partial charge in [0, 0.05) is 10.2 Å². The van der Waals surface area contributed by atoms with Gasteiger partial charge in [-0.15, -0.1) is 0 Å². The number of rotatable bonds is 5. The maximum absolute atomic E-state index is 10.1. The normalized spacial score (nSPS) is 18.4. The second-order valence-electron chi connectivity index (χ2n) is 5.33. The molecule has 0 heterocycles. The van der Waals surface area contributed by atoms with E-state index in [2.05, 4.69) is 31.9 Å². The highest BCUT2D eigenvalue weighted by Crippen LogP contribution is 2.41. The lowest BCUT2D eigenvalue weighted by atomic mass is 9.76. The second kappa shape index (κ2) is 5.20. The Balaban J connectivity index is 5.01. The Kier molecular flexibility index (Phi) is 5.46. The van der Waals surface area contributed by atoms with Crippen LogP contribution in [0.5, 0.6) is 0 Å². The summed E-state index contributed by atoms with van der Waals surface area (Å²) in [6.45, 7) is 6.59.